The summed E-state index contributed by atoms with van der Waals surface area (Å²) in [6.07, 6.45) is 0. The Bertz CT molecular complexity index is 8.00. The summed E-state index contributed by atoms with van der Waals surface area (Å²) in [5.74, 6) is 0. The number of hydrogen-bond acceptors (Lipinski definition) is 0. The van der Waals surface area contributed by atoms with Crippen LogP contribution in [0.2, 0.25) is 0 Å². The fourth-order valence-electron chi connectivity index (χ4n) is 0. The largest absolute Gasteiger partial charge is 0 e. The molecule has 0 spiro atoms. The molecular formula is BCoFeRu. The minimum absolute atomic E-state index is 0. The first kappa shape index (κ1) is 43.2. The Labute approximate surface area is 61.5 Å². The third-order valence-electron chi connectivity index (χ3n) is 0. The summed E-state index contributed by atoms with van der Waals surface area (Å²) < 4.78 is 0. The van der Waals surface area contributed by atoms with Crippen LogP contribution in [0.4, 0.5) is 0 Å². The van der Waals surface area contributed by atoms with Crippen LogP contribution in [-0.4, -0.2) is 8.41 Å². The molecule has 0 saturated carbocycles. The Kier molecular flexibility index (Phi) is 239. The first-order valence-electron chi connectivity index (χ1n) is 0. The van der Waals surface area contributed by atoms with Crippen molar-refractivity contribution >= 4 is 8.41 Å². The van der Waals surface area contributed by atoms with Crippen LogP contribution in [-0.2, 0) is 53.3 Å². The van der Waals surface area contributed by atoms with Crippen molar-refractivity contribution < 1.29 is 53.3 Å². The molecule has 0 heterocycles. The summed E-state index contributed by atoms with van der Waals surface area (Å²) in [5, 5.41) is 0. The van der Waals surface area contributed by atoms with Gasteiger partial charge in [-0.15, -0.1) is 0 Å². The predicted octanol–water partition coefficient (Wildman–Crippen LogP) is -0.388. The monoisotopic (exact) mass is 228 g/mol. The van der Waals surface area contributed by atoms with Crippen molar-refractivity contribution in [2.24, 2.45) is 0 Å². The van der Waals surface area contributed by atoms with E-state index in [1.54, 1.807) is 0 Å². The standard InChI is InChI=1S/B.Co.Fe.Ru. The molecule has 0 nitrogen and oxygen atoms in total. The van der Waals surface area contributed by atoms with Gasteiger partial charge in [0.15, 0.2) is 0 Å². The van der Waals surface area contributed by atoms with Crippen molar-refractivity contribution in [1.82, 2.24) is 0 Å². The summed E-state index contributed by atoms with van der Waals surface area (Å²) in [6, 6.07) is 0. The van der Waals surface area contributed by atoms with Gasteiger partial charge in [0.1, 0.15) is 0 Å². The van der Waals surface area contributed by atoms with E-state index in [0.717, 1.165) is 0 Å². The first-order valence-corrected chi connectivity index (χ1v) is 0. The molecule has 0 rings (SSSR count). The topological polar surface area (TPSA) is 0 Å². The molecule has 0 amide bonds. The second-order valence-electron chi connectivity index (χ2n) is 0. The molecule has 0 aliphatic heterocycles. The van der Waals surface area contributed by atoms with Gasteiger partial charge in [0, 0.05) is 61.7 Å². The Morgan fingerprint density at radius 2 is 1.00 bits per heavy atom. The van der Waals surface area contributed by atoms with E-state index < -0.39 is 0 Å². The molecule has 4 heteroatoms. The fourth-order valence-corrected chi connectivity index (χ4v) is 0. The van der Waals surface area contributed by atoms with Crippen molar-refractivity contribution in [3.8, 4) is 0 Å². The van der Waals surface area contributed by atoms with Crippen LogP contribution in [0.15, 0.2) is 0 Å². The van der Waals surface area contributed by atoms with E-state index >= 15 is 0 Å². The molecule has 0 aromatic heterocycles. The summed E-state index contributed by atoms with van der Waals surface area (Å²) in [7, 11) is 0. The molecule has 0 aliphatic rings. The second kappa shape index (κ2) is 22.1. The maximum absolute atomic E-state index is 0. The zero-order valence-corrected chi connectivity index (χ0v) is 5.50. The second-order valence-corrected chi connectivity index (χ2v) is 0. The van der Waals surface area contributed by atoms with Gasteiger partial charge in [-0.1, -0.05) is 0 Å². The van der Waals surface area contributed by atoms with Gasteiger partial charge in [0.05, 0.1) is 0 Å². The van der Waals surface area contributed by atoms with E-state index in [2.05, 4.69) is 0 Å². The molecule has 4 radical (unpaired) electrons. The van der Waals surface area contributed by atoms with E-state index in [1.807, 2.05) is 0 Å². The third kappa shape index (κ3) is 9.31. The van der Waals surface area contributed by atoms with E-state index in [0.29, 0.717) is 0 Å². The molecule has 0 N–H and O–H groups in total. The van der Waals surface area contributed by atoms with E-state index in [9.17, 15) is 0 Å². The molecule has 0 fully saturated rings. The normalized spacial score (nSPS) is 0. The van der Waals surface area contributed by atoms with Crippen molar-refractivity contribution in [3.05, 3.63) is 0 Å². The molecule has 0 unspecified atom stereocenters. The fraction of sp³-hybridized carbons (Fsp3) is 0. The Morgan fingerprint density at radius 1 is 1.00 bits per heavy atom. The van der Waals surface area contributed by atoms with Crippen molar-refractivity contribution in [3.63, 3.8) is 0 Å². The zero-order valence-electron chi connectivity index (χ0n) is 1.62. The van der Waals surface area contributed by atoms with Crippen molar-refractivity contribution in [2.75, 3.05) is 0 Å². The van der Waals surface area contributed by atoms with Crippen LogP contribution < -0.4 is 0 Å². The van der Waals surface area contributed by atoms with Gasteiger partial charge in [0.25, 0.3) is 0 Å². The summed E-state index contributed by atoms with van der Waals surface area (Å²) in [6.45, 7) is 0. The minimum Gasteiger partial charge on any atom is 0 e. The van der Waals surface area contributed by atoms with Crippen LogP contribution in [0.5, 0.6) is 0 Å². The molecule has 0 aromatic rings. The Balaban J connectivity index is 0. The van der Waals surface area contributed by atoms with Crippen molar-refractivity contribution in [2.45, 2.75) is 0 Å². The van der Waals surface area contributed by atoms with Crippen LogP contribution in [0.1, 0.15) is 0 Å². The van der Waals surface area contributed by atoms with Crippen molar-refractivity contribution in [1.29, 1.82) is 0 Å². The quantitative estimate of drug-likeness (QED) is 0.494. The summed E-state index contributed by atoms with van der Waals surface area (Å²) in [4.78, 5) is 0. The maximum atomic E-state index is 0. The van der Waals surface area contributed by atoms with E-state index in [1.165, 1.54) is 0 Å². The van der Waals surface area contributed by atoms with Gasteiger partial charge in [-0.25, -0.2) is 0 Å². The average Bonchev–Trinajstić information content (AvgIpc) is 0. The Morgan fingerprint density at radius 3 is 1.00 bits per heavy atom. The van der Waals surface area contributed by atoms with Gasteiger partial charge >= 0.3 is 0 Å². The van der Waals surface area contributed by atoms with Gasteiger partial charge in [-0.3, -0.25) is 0 Å². The van der Waals surface area contributed by atoms with Gasteiger partial charge in [0.2, 0.25) is 0 Å². The molecule has 0 saturated heterocycles. The molecule has 0 aliphatic carbocycles. The number of rotatable bonds is 0. The van der Waals surface area contributed by atoms with Gasteiger partial charge < -0.3 is 0 Å². The maximum Gasteiger partial charge on any atom is 0 e. The molecule has 4 heavy (non-hydrogen) atoms. The molecule has 0 atom stereocenters. The van der Waals surface area contributed by atoms with E-state index in [-0.39, 0.29) is 61.7 Å². The van der Waals surface area contributed by atoms with Gasteiger partial charge in [-0.05, 0) is 0 Å². The predicted molar refractivity (Wildman–Crippen MR) is 5.75 cm³/mol. The molecule has 28 valence electrons. The summed E-state index contributed by atoms with van der Waals surface area (Å²) in [5.41, 5.74) is 0. The third-order valence-corrected chi connectivity index (χ3v) is 0. The average molecular weight is 227 g/mol. The molecular weight excluding hydrogens is 227 g/mol. The zero-order chi connectivity index (χ0) is 0. The van der Waals surface area contributed by atoms with Crippen LogP contribution in [0, 0.1) is 0 Å². The molecule has 0 aromatic carbocycles. The van der Waals surface area contributed by atoms with Crippen LogP contribution in [0.3, 0.4) is 0 Å². The number of hydrogen-bond donors (Lipinski definition) is 0. The van der Waals surface area contributed by atoms with E-state index in [4.69, 9.17) is 0 Å². The van der Waals surface area contributed by atoms with Crippen LogP contribution >= 0.6 is 0 Å². The van der Waals surface area contributed by atoms with Crippen LogP contribution in [0.25, 0.3) is 0 Å². The summed E-state index contributed by atoms with van der Waals surface area (Å²) >= 11 is 0. The molecule has 0 bridgehead atoms. The minimum atomic E-state index is 0. The first-order chi connectivity index (χ1) is 0. The Hall–Kier alpha value is 1.71. The smallest absolute Gasteiger partial charge is 0 e. The van der Waals surface area contributed by atoms with Gasteiger partial charge in [-0.2, -0.15) is 0 Å². The SMILES string of the molecule is [B].[Co].[Fe].[Ru].